The van der Waals surface area contributed by atoms with Crippen LogP contribution in [-0.2, 0) is 9.47 Å². The number of alkyl carbamates (subject to hydrolysis) is 2. The van der Waals surface area contributed by atoms with Gasteiger partial charge in [0.05, 0.1) is 16.7 Å². The van der Waals surface area contributed by atoms with Crippen molar-refractivity contribution in [3.05, 3.63) is 52.8 Å². The second-order valence-electron chi connectivity index (χ2n) is 10.7. The summed E-state index contributed by atoms with van der Waals surface area (Å²) in [6.45, 7) is 11.7. The molecule has 2 aromatic rings. The summed E-state index contributed by atoms with van der Waals surface area (Å²) in [5, 5.41) is 11.6. The molecule has 38 heavy (non-hydrogen) atoms. The van der Waals surface area contributed by atoms with Gasteiger partial charge in [-0.25, -0.2) is 9.59 Å². The van der Waals surface area contributed by atoms with E-state index in [1.807, 2.05) is 0 Å². The van der Waals surface area contributed by atoms with E-state index >= 15 is 0 Å². The standard InChI is InChI=1S/C27H35N5O6/c1-26(2,3)37-24(35)31-14-12-28-17-9-10-18(29-13-15-32-25(36)38-27(4,5)6)20-19(17)22(33)16-8-7-11-30-21(16)23(20)34/h7-11,28-29H,12-15H2,1-6H3,(H,31,35)(H,32,36). The monoisotopic (exact) mass is 525 g/mol. The molecular formula is C27H35N5O6. The number of nitrogens with zero attached hydrogens (tertiary/aromatic N) is 1. The quantitative estimate of drug-likeness (QED) is 0.323. The predicted molar refractivity (Wildman–Crippen MR) is 143 cm³/mol. The van der Waals surface area contributed by atoms with Gasteiger partial charge in [0.25, 0.3) is 0 Å². The van der Waals surface area contributed by atoms with Gasteiger partial charge >= 0.3 is 12.2 Å². The van der Waals surface area contributed by atoms with Crippen molar-refractivity contribution in [1.29, 1.82) is 0 Å². The SMILES string of the molecule is CC(C)(C)OC(=O)NCCNc1ccc(NCCNC(=O)OC(C)(C)C)c2c1C(=O)c1cccnc1C2=O. The fourth-order valence-corrected chi connectivity index (χ4v) is 3.74. The third kappa shape index (κ3) is 7.44. The van der Waals surface area contributed by atoms with Crippen LogP contribution in [0.3, 0.4) is 0 Å². The second-order valence-corrected chi connectivity index (χ2v) is 10.7. The van der Waals surface area contributed by atoms with Gasteiger partial charge in [-0.1, -0.05) is 0 Å². The molecule has 1 aromatic carbocycles. The molecule has 11 nitrogen and oxygen atoms in total. The molecule has 11 heteroatoms. The van der Waals surface area contributed by atoms with Gasteiger partial charge in [0, 0.05) is 43.8 Å². The maximum atomic E-state index is 13.5. The summed E-state index contributed by atoms with van der Waals surface area (Å²) < 4.78 is 10.5. The van der Waals surface area contributed by atoms with Crippen molar-refractivity contribution < 1.29 is 28.7 Å². The van der Waals surface area contributed by atoms with E-state index in [9.17, 15) is 19.2 Å². The molecular weight excluding hydrogens is 490 g/mol. The second kappa shape index (κ2) is 11.5. The number of pyridine rings is 1. The molecule has 0 unspecified atom stereocenters. The first-order valence-electron chi connectivity index (χ1n) is 12.4. The van der Waals surface area contributed by atoms with E-state index in [0.717, 1.165) is 0 Å². The lowest BCUT2D eigenvalue weighted by Gasteiger charge is -2.24. The Balaban J connectivity index is 1.76. The zero-order valence-corrected chi connectivity index (χ0v) is 22.6. The first kappa shape index (κ1) is 28.4. The number of hydrogen-bond acceptors (Lipinski definition) is 9. The molecule has 3 rings (SSSR count). The molecule has 0 aliphatic heterocycles. The van der Waals surface area contributed by atoms with Gasteiger partial charge in [-0.15, -0.1) is 0 Å². The zero-order chi connectivity index (χ0) is 28.1. The summed E-state index contributed by atoms with van der Waals surface area (Å²) >= 11 is 0. The Morgan fingerprint density at radius 3 is 1.68 bits per heavy atom. The van der Waals surface area contributed by atoms with Crippen LogP contribution in [0.4, 0.5) is 21.0 Å². The first-order chi connectivity index (χ1) is 17.8. The highest BCUT2D eigenvalue weighted by Crippen LogP contribution is 2.35. The molecule has 0 saturated carbocycles. The summed E-state index contributed by atoms with van der Waals surface area (Å²) in [6.07, 6.45) is 0.370. The average molecular weight is 526 g/mol. The summed E-state index contributed by atoms with van der Waals surface area (Å²) in [5.74, 6) is -0.714. The van der Waals surface area contributed by atoms with E-state index in [0.29, 0.717) is 17.9 Å². The van der Waals surface area contributed by atoms with Gasteiger partial charge in [-0.2, -0.15) is 0 Å². The number of rotatable bonds is 8. The highest BCUT2D eigenvalue weighted by molar-refractivity contribution is 6.31. The van der Waals surface area contributed by atoms with Crippen molar-refractivity contribution in [1.82, 2.24) is 15.6 Å². The smallest absolute Gasteiger partial charge is 0.407 e. The molecule has 0 saturated heterocycles. The Labute approximate surface area is 222 Å². The summed E-state index contributed by atoms with van der Waals surface area (Å²) in [5.41, 5.74) is 0.397. The van der Waals surface area contributed by atoms with Crippen LogP contribution in [0.25, 0.3) is 0 Å². The van der Waals surface area contributed by atoms with Gasteiger partial charge in [-0.3, -0.25) is 14.6 Å². The molecule has 0 atom stereocenters. The van der Waals surface area contributed by atoms with E-state index in [1.165, 1.54) is 6.20 Å². The third-order valence-corrected chi connectivity index (χ3v) is 5.14. The van der Waals surface area contributed by atoms with E-state index < -0.39 is 23.4 Å². The number of hydrogen-bond donors (Lipinski definition) is 4. The number of fused-ring (bicyclic) bond motifs is 2. The Bertz CT molecular complexity index is 1140. The highest BCUT2D eigenvalue weighted by atomic mass is 16.6. The molecule has 1 aliphatic rings. The number of aromatic nitrogens is 1. The molecule has 4 N–H and O–H groups in total. The fraction of sp³-hybridized carbons (Fsp3) is 0.444. The van der Waals surface area contributed by atoms with Crippen LogP contribution in [-0.4, -0.2) is 66.1 Å². The maximum absolute atomic E-state index is 13.5. The van der Waals surface area contributed by atoms with Gasteiger partial charge in [0.2, 0.25) is 5.78 Å². The Morgan fingerprint density at radius 1 is 0.737 bits per heavy atom. The van der Waals surface area contributed by atoms with Crippen molar-refractivity contribution in [2.24, 2.45) is 0 Å². The van der Waals surface area contributed by atoms with Gasteiger partial charge in [-0.05, 0) is 65.8 Å². The third-order valence-electron chi connectivity index (χ3n) is 5.14. The maximum Gasteiger partial charge on any atom is 0.407 e. The number of carbonyl (C=O) groups excluding carboxylic acids is 4. The number of anilines is 2. The number of ketones is 2. The van der Waals surface area contributed by atoms with E-state index in [4.69, 9.17) is 9.47 Å². The molecule has 2 amide bonds. The minimum atomic E-state index is -0.616. The van der Waals surface area contributed by atoms with Gasteiger partial charge in [0.1, 0.15) is 16.9 Å². The molecule has 0 spiro atoms. The topological polar surface area (TPSA) is 148 Å². The summed E-state index contributed by atoms with van der Waals surface area (Å²) in [7, 11) is 0. The van der Waals surface area contributed by atoms with Crippen LogP contribution in [0.15, 0.2) is 30.5 Å². The minimum absolute atomic E-state index is 0.0867. The Kier molecular flexibility index (Phi) is 8.60. The lowest BCUT2D eigenvalue weighted by Crippen LogP contribution is -2.35. The van der Waals surface area contributed by atoms with Gasteiger partial charge in [0.15, 0.2) is 5.78 Å². The fourth-order valence-electron chi connectivity index (χ4n) is 3.74. The van der Waals surface area contributed by atoms with Crippen molar-refractivity contribution >= 4 is 35.1 Å². The summed E-state index contributed by atoms with van der Waals surface area (Å²) in [6, 6.07) is 6.57. The lowest BCUT2D eigenvalue weighted by atomic mass is 9.84. The first-order valence-corrected chi connectivity index (χ1v) is 12.4. The van der Waals surface area contributed by atoms with Crippen LogP contribution in [0.5, 0.6) is 0 Å². The normalized spacial score (nSPS) is 12.7. The molecule has 1 aromatic heterocycles. The Hall–Kier alpha value is -4.15. The number of nitrogens with one attached hydrogen (secondary N) is 4. The zero-order valence-electron chi connectivity index (χ0n) is 22.6. The summed E-state index contributed by atoms with van der Waals surface area (Å²) in [4.78, 5) is 54.8. The van der Waals surface area contributed by atoms with Crippen molar-refractivity contribution in [3.8, 4) is 0 Å². The van der Waals surface area contributed by atoms with Crippen molar-refractivity contribution in [2.75, 3.05) is 36.8 Å². The number of carbonyl (C=O) groups is 4. The van der Waals surface area contributed by atoms with Crippen molar-refractivity contribution in [2.45, 2.75) is 52.7 Å². The predicted octanol–water partition coefficient (Wildman–Crippen LogP) is 3.73. The van der Waals surface area contributed by atoms with E-state index in [2.05, 4.69) is 26.3 Å². The molecule has 0 radical (unpaired) electrons. The van der Waals surface area contributed by atoms with Crippen LogP contribution in [0.1, 0.15) is 73.5 Å². The molecule has 204 valence electrons. The lowest BCUT2D eigenvalue weighted by molar-refractivity contribution is 0.0518. The molecule has 1 heterocycles. The number of ether oxygens (including phenoxy) is 2. The molecule has 1 aliphatic carbocycles. The van der Waals surface area contributed by atoms with Crippen LogP contribution >= 0.6 is 0 Å². The molecule has 0 bridgehead atoms. The average Bonchev–Trinajstić information content (AvgIpc) is 2.81. The van der Waals surface area contributed by atoms with Crippen LogP contribution in [0.2, 0.25) is 0 Å². The van der Waals surface area contributed by atoms with Crippen molar-refractivity contribution in [3.63, 3.8) is 0 Å². The minimum Gasteiger partial charge on any atom is -0.444 e. The van der Waals surface area contributed by atoms with Crippen LogP contribution in [0, 0.1) is 0 Å². The highest BCUT2D eigenvalue weighted by Gasteiger charge is 2.35. The van der Waals surface area contributed by atoms with E-state index in [-0.39, 0.29) is 53.6 Å². The molecule has 0 fully saturated rings. The number of amides is 2. The van der Waals surface area contributed by atoms with E-state index in [1.54, 1.807) is 65.8 Å². The largest absolute Gasteiger partial charge is 0.444 e. The number of benzene rings is 1. The Morgan fingerprint density at radius 2 is 1.21 bits per heavy atom. The van der Waals surface area contributed by atoms with Gasteiger partial charge < -0.3 is 30.7 Å². The van der Waals surface area contributed by atoms with Crippen LogP contribution < -0.4 is 21.3 Å².